The number of carboxylic acid groups (broad SMARTS) is 1. The Hall–Kier alpha value is -1.92. The van der Waals surface area contributed by atoms with Gasteiger partial charge in [-0.2, -0.15) is 0 Å². The monoisotopic (exact) mass is 228 g/mol. The molecule has 0 aliphatic rings. The smallest absolute Gasteiger partial charge is 0.335 e. The van der Waals surface area contributed by atoms with Crippen molar-refractivity contribution in [3.8, 4) is 0 Å². The van der Waals surface area contributed by atoms with Crippen molar-refractivity contribution in [3.05, 3.63) is 21.6 Å². The maximum atomic E-state index is 11.0. The summed E-state index contributed by atoms with van der Waals surface area (Å²) in [6.07, 6.45) is 0. The molecule has 1 aromatic rings. The molecule has 0 spiro atoms. The number of carbonyl (C=O) groups is 1. The first-order chi connectivity index (χ1) is 7.36. The van der Waals surface area contributed by atoms with Crippen LogP contribution in [0.5, 0.6) is 0 Å². The van der Waals surface area contributed by atoms with Crippen LogP contribution >= 0.6 is 0 Å². The Bertz CT molecular complexity index is 424. The summed E-state index contributed by atoms with van der Waals surface area (Å²) in [7, 11) is 0. The van der Waals surface area contributed by atoms with Gasteiger partial charge in [-0.05, 0) is 12.8 Å². The third-order valence-corrected chi connectivity index (χ3v) is 2.25. The third kappa shape index (κ3) is 2.02. The first-order valence-corrected chi connectivity index (χ1v) is 4.69. The summed E-state index contributed by atoms with van der Waals surface area (Å²) in [6.45, 7) is 4.71. The molecule has 0 bridgehead atoms. The molecule has 1 rings (SSSR count). The van der Waals surface area contributed by atoms with Gasteiger partial charge in [0.25, 0.3) is 0 Å². The minimum atomic E-state index is -1.16. The van der Waals surface area contributed by atoms with Crippen molar-refractivity contribution in [2.75, 3.05) is 0 Å². The molecule has 0 saturated carbocycles. The van der Waals surface area contributed by atoms with Gasteiger partial charge in [-0.25, -0.2) is 0 Å². The maximum Gasteiger partial charge on any atom is 0.335 e. The second-order valence-electron chi connectivity index (χ2n) is 3.80. The highest BCUT2D eigenvalue weighted by molar-refractivity contribution is 5.77. The topological polar surface area (TPSA) is 106 Å². The summed E-state index contributed by atoms with van der Waals surface area (Å²) < 4.78 is 4.77. The summed E-state index contributed by atoms with van der Waals surface area (Å²) in [5.74, 6) is -2.72. The van der Waals surface area contributed by atoms with Crippen LogP contribution in [-0.2, 0) is 4.79 Å². The number of nitrogens with zero attached hydrogens (tertiary/aromatic N) is 2. The number of rotatable bonds is 4. The Morgan fingerprint density at radius 3 is 2.50 bits per heavy atom. The fraction of sp³-hybridized carbons (Fsp3) is 0.556. The first kappa shape index (κ1) is 12.2. The highest BCUT2D eigenvalue weighted by Gasteiger charge is 2.37. The van der Waals surface area contributed by atoms with Gasteiger partial charge in [0.1, 0.15) is 5.92 Å². The average Bonchev–Trinajstić information content (AvgIpc) is 2.46. The van der Waals surface area contributed by atoms with E-state index in [0.29, 0.717) is 0 Å². The van der Waals surface area contributed by atoms with Crippen LogP contribution in [0.3, 0.4) is 0 Å². The van der Waals surface area contributed by atoms with E-state index in [9.17, 15) is 14.9 Å². The molecule has 1 aromatic heterocycles. The molecule has 88 valence electrons. The van der Waals surface area contributed by atoms with E-state index in [1.807, 2.05) is 0 Å². The Labute approximate surface area is 91.2 Å². The summed E-state index contributed by atoms with van der Waals surface area (Å²) >= 11 is 0. The van der Waals surface area contributed by atoms with Gasteiger partial charge < -0.3 is 9.63 Å². The summed E-state index contributed by atoms with van der Waals surface area (Å²) in [6, 6.07) is 0. The Morgan fingerprint density at radius 2 is 2.12 bits per heavy atom. The number of nitro groups is 1. The van der Waals surface area contributed by atoms with Crippen LogP contribution in [0.1, 0.15) is 31.2 Å². The van der Waals surface area contributed by atoms with Crippen LogP contribution in [0.25, 0.3) is 0 Å². The van der Waals surface area contributed by atoms with Crippen molar-refractivity contribution in [3.63, 3.8) is 0 Å². The van der Waals surface area contributed by atoms with E-state index in [4.69, 9.17) is 9.63 Å². The van der Waals surface area contributed by atoms with Crippen molar-refractivity contribution < 1.29 is 19.3 Å². The van der Waals surface area contributed by atoms with Crippen molar-refractivity contribution in [2.45, 2.75) is 26.7 Å². The molecule has 0 aliphatic carbocycles. The van der Waals surface area contributed by atoms with Gasteiger partial charge >= 0.3 is 11.7 Å². The molecule has 0 amide bonds. The van der Waals surface area contributed by atoms with Crippen molar-refractivity contribution in [2.24, 2.45) is 5.92 Å². The summed E-state index contributed by atoms with van der Waals surface area (Å²) in [4.78, 5) is 21.1. The van der Waals surface area contributed by atoms with Crippen LogP contribution in [0, 0.1) is 23.0 Å². The van der Waals surface area contributed by atoms with Crippen LogP contribution in [0.4, 0.5) is 5.69 Å². The average molecular weight is 228 g/mol. The number of carboxylic acids is 1. The van der Waals surface area contributed by atoms with Gasteiger partial charge in [-0.15, -0.1) is 0 Å². The molecule has 1 atom stereocenters. The van der Waals surface area contributed by atoms with E-state index < -0.39 is 16.8 Å². The molecule has 7 nitrogen and oxygen atoms in total. The molecule has 16 heavy (non-hydrogen) atoms. The molecule has 0 radical (unpaired) electrons. The van der Waals surface area contributed by atoms with Gasteiger partial charge in [-0.3, -0.25) is 14.9 Å². The lowest BCUT2D eigenvalue weighted by Crippen LogP contribution is -2.18. The number of aromatic nitrogens is 1. The third-order valence-electron chi connectivity index (χ3n) is 2.25. The predicted octanol–water partition coefficient (Wildman–Crippen LogP) is 1.72. The van der Waals surface area contributed by atoms with E-state index in [-0.39, 0.29) is 23.1 Å². The van der Waals surface area contributed by atoms with Crippen LogP contribution in [-0.4, -0.2) is 21.2 Å². The van der Waals surface area contributed by atoms with Crippen LogP contribution < -0.4 is 0 Å². The second kappa shape index (κ2) is 4.30. The highest BCUT2D eigenvalue weighted by Crippen LogP contribution is 2.34. The summed E-state index contributed by atoms with van der Waals surface area (Å²) in [5, 5.41) is 23.2. The van der Waals surface area contributed by atoms with E-state index in [1.54, 1.807) is 13.8 Å². The molecular weight excluding hydrogens is 216 g/mol. The van der Waals surface area contributed by atoms with Crippen molar-refractivity contribution >= 4 is 11.7 Å². The molecule has 0 saturated heterocycles. The molecule has 0 fully saturated rings. The molecule has 1 N–H and O–H groups in total. The number of aryl methyl sites for hydroxylation is 1. The zero-order valence-corrected chi connectivity index (χ0v) is 9.13. The van der Waals surface area contributed by atoms with Gasteiger partial charge in [0, 0.05) is 0 Å². The quantitative estimate of drug-likeness (QED) is 0.621. The molecule has 0 aromatic carbocycles. The molecule has 1 heterocycles. The molecular formula is C9H12N2O5. The van der Waals surface area contributed by atoms with E-state index in [0.717, 1.165) is 0 Å². The van der Waals surface area contributed by atoms with Crippen LogP contribution in [0.2, 0.25) is 0 Å². The lowest BCUT2D eigenvalue weighted by atomic mass is 9.92. The zero-order chi connectivity index (χ0) is 12.5. The standard InChI is InChI=1S/C9H12N2O5/c1-4(2)6(9(12)13)8-7(11(14)15)5(3)10-16-8/h4,6H,1-3H3,(H,12,13). The Morgan fingerprint density at radius 1 is 1.56 bits per heavy atom. The lowest BCUT2D eigenvalue weighted by Gasteiger charge is -2.11. The second-order valence-corrected chi connectivity index (χ2v) is 3.80. The minimum Gasteiger partial charge on any atom is -0.481 e. The van der Waals surface area contributed by atoms with Crippen molar-refractivity contribution in [1.82, 2.24) is 5.16 Å². The van der Waals surface area contributed by atoms with Gasteiger partial charge in [0.2, 0.25) is 5.76 Å². The lowest BCUT2D eigenvalue weighted by molar-refractivity contribution is -0.386. The Balaban J connectivity index is 3.30. The van der Waals surface area contributed by atoms with Gasteiger partial charge in [0.15, 0.2) is 5.69 Å². The fourth-order valence-electron chi connectivity index (χ4n) is 1.51. The number of hydrogen-bond acceptors (Lipinski definition) is 5. The minimum absolute atomic E-state index is 0.0897. The van der Waals surface area contributed by atoms with Gasteiger partial charge in [-0.1, -0.05) is 19.0 Å². The van der Waals surface area contributed by atoms with E-state index in [2.05, 4.69) is 5.16 Å². The van der Waals surface area contributed by atoms with E-state index >= 15 is 0 Å². The van der Waals surface area contributed by atoms with Crippen LogP contribution in [0.15, 0.2) is 4.52 Å². The maximum absolute atomic E-state index is 11.0. The van der Waals surface area contributed by atoms with Gasteiger partial charge in [0.05, 0.1) is 4.92 Å². The molecule has 1 unspecified atom stereocenters. The number of hydrogen-bond donors (Lipinski definition) is 1. The highest BCUT2D eigenvalue weighted by atomic mass is 16.6. The number of aliphatic carboxylic acids is 1. The SMILES string of the molecule is Cc1noc(C(C(=O)O)C(C)C)c1[N+](=O)[O-]. The predicted molar refractivity (Wildman–Crippen MR) is 53.1 cm³/mol. The summed E-state index contributed by atoms with van der Waals surface area (Å²) in [5.41, 5.74) is -0.256. The Kier molecular flexibility index (Phi) is 3.26. The molecule has 0 aliphatic heterocycles. The van der Waals surface area contributed by atoms with E-state index in [1.165, 1.54) is 6.92 Å². The van der Waals surface area contributed by atoms with Crippen molar-refractivity contribution in [1.29, 1.82) is 0 Å². The first-order valence-electron chi connectivity index (χ1n) is 4.69. The zero-order valence-electron chi connectivity index (χ0n) is 9.13. The molecule has 7 heteroatoms. The normalized spacial score (nSPS) is 12.8. The fourth-order valence-corrected chi connectivity index (χ4v) is 1.51. The largest absolute Gasteiger partial charge is 0.481 e.